The normalized spacial score (nSPS) is 11.5. The highest BCUT2D eigenvalue weighted by atomic mass is 32.1. The Balaban J connectivity index is 1.95. The minimum absolute atomic E-state index is 0.124. The molecule has 0 saturated carbocycles. The number of hydrogen-bond donors (Lipinski definition) is 2. The van der Waals surface area contributed by atoms with Crippen molar-refractivity contribution in [2.24, 2.45) is 5.41 Å². The average Bonchev–Trinajstić information content (AvgIpc) is 3.17. The second kappa shape index (κ2) is 7.61. The molecule has 0 bridgehead atoms. The van der Waals surface area contributed by atoms with Gasteiger partial charge in [-0.05, 0) is 31.9 Å². The second-order valence-corrected chi connectivity index (χ2v) is 6.66. The van der Waals surface area contributed by atoms with E-state index >= 15 is 0 Å². The first kappa shape index (κ1) is 18.2. The van der Waals surface area contributed by atoms with Crippen molar-refractivity contribution in [1.82, 2.24) is 10.3 Å². The first-order valence-corrected chi connectivity index (χ1v) is 8.79. The van der Waals surface area contributed by atoms with Crippen molar-refractivity contribution in [2.75, 3.05) is 6.54 Å². The van der Waals surface area contributed by atoms with Gasteiger partial charge in [0.1, 0.15) is 5.76 Å². The predicted molar refractivity (Wildman–Crippen MR) is 91.9 cm³/mol. The summed E-state index contributed by atoms with van der Waals surface area (Å²) in [5.74, 6) is 0.390. The number of aryl methyl sites for hydroxylation is 1. The van der Waals surface area contributed by atoms with Gasteiger partial charge >= 0.3 is 5.97 Å². The quantitative estimate of drug-likeness (QED) is 0.762. The summed E-state index contributed by atoms with van der Waals surface area (Å²) in [7, 11) is 0. The summed E-state index contributed by atoms with van der Waals surface area (Å²) in [5.41, 5.74) is -0.260. The van der Waals surface area contributed by atoms with Crippen LogP contribution in [-0.2, 0) is 16.0 Å². The van der Waals surface area contributed by atoms with E-state index in [1.54, 1.807) is 0 Å². The molecule has 2 heterocycles. The van der Waals surface area contributed by atoms with Crippen molar-refractivity contribution in [3.8, 4) is 10.8 Å². The van der Waals surface area contributed by atoms with Crippen LogP contribution in [0.15, 0.2) is 21.9 Å². The number of hydrogen-bond acceptors (Lipinski definition) is 5. The zero-order valence-electron chi connectivity index (χ0n) is 14.1. The molecule has 0 unspecified atom stereocenters. The van der Waals surface area contributed by atoms with Crippen LogP contribution in [0.1, 0.15) is 38.1 Å². The van der Waals surface area contributed by atoms with Crippen molar-refractivity contribution in [3.63, 3.8) is 0 Å². The smallest absolute Gasteiger partial charge is 0.311 e. The van der Waals surface area contributed by atoms with Crippen molar-refractivity contribution in [3.05, 3.63) is 29.0 Å². The lowest BCUT2D eigenvalue weighted by molar-refractivity contribution is -0.149. The molecular formula is C17H22N2O4S. The summed E-state index contributed by atoms with van der Waals surface area (Å²) in [4.78, 5) is 27.9. The summed E-state index contributed by atoms with van der Waals surface area (Å²) in [6.07, 6.45) is 1.06. The molecule has 24 heavy (non-hydrogen) atoms. The third-order valence-electron chi connectivity index (χ3n) is 4.28. The summed E-state index contributed by atoms with van der Waals surface area (Å²) in [6, 6.07) is 3.71. The van der Waals surface area contributed by atoms with Crippen LogP contribution < -0.4 is 5.32 Å². The molecule has 2 rings (SSSR count). The number of amides is 1. The molecule has 1 amide bonds. The third-order valence-corrected chi connectivity index (χ3v) is 5.18. The minimum atomic E-state index is -0.908. The van der Waals surface area contributed by atoms with Gasteiger partial charge in [0.15, 0.2) is 10.8 Å². The van der Waals surface area contributed by atoms with Crippen LogP contribution >= 0.6 is 11.3 Å². The van der Waals surface area contributed by atoms with E-state index in [9.17, 15) is 14.7 Å². The van der Waals surface area contributed by atoms with E-state index in [1.165, 1.54) is 11.3 Å². The second-order valence-electron chi connectivity index (χ2n) is 5.80. The summed E-state index contributed by atoms with van der Waals surface area (Å²) < 4.78 is 5.52. The summed E-state index contributed by atoms with van der Waals surface area (Å²) in [5, 5.41) is 14.7. The maximum Gasteiger partial charge on any atom is 0.311 e. The topological polar surface area (TPSA) is 92.4 Å². The molecule has 0 aliphatic heterocycles. The number of furan rings is 1. The zero-order chi connectivity index (χ0) is 17.7. The van der Waals surface area contributed by atoms with Gasteiger partial charge in [-0.3, -0.25) is 9.59 Å². The summed E-state index contributed by atoms with van der Waals surface area (Å²) in [6.45, 7) is 5.63. The molecule has 0 spiro atoms. The Morgan fingerprint density at radius 1 is 1.33 bits per heavy atom. The fraction of sp³-hybridized carbons (Fsp3) is 0.471. The monoisotopic (exact) mass is 350 g/mol. The van der Waals surface area contributed by atoms with Crippen LogP contribution in [0.3, 0.4) is 0 Å². The maximum atomic E-state index is 12.1. The van der Waals surface area contributed by atoms with Crippen LogP contribution in [0.5, 0.6) is 0 Å². The van der Waals surface area contributed by atoms with Gasteiger partial charge in [-0.1, -0.05) is 13.8 Å². The molecular weight excluding hydrogens is 328 g/mol. The van der Waals surface area contributed by atoms with E-state index in [0.717, 1.165) is 10.8 Å². The van der Waals surface area contributed by atoms with E-state index in [0.29, 0.717) is 24.3 Å². The number of carboxylic acid groups (broad SMARTS) is 1. The molecule has 0 fully saturated rings. The Labute approximate surface area is 144 Å². The number of aliphatic carboxylic acids is 1. The number of carbonyl (C=O) groups excluding carboxylic acids is 1. The number of rotatable bonds is 8. The number of carbonyl (C=O) groups is 2. The van der Waals surface area contributed by atoms with Crippen LogP contribution in [-0.4, -0.2) is 28.5 Å². The predicted octanol–water partition coefficient (Wildman–Crippen LogP) is 3.26. The van der Waals surface area contributed by atoms with Gasteiger partial charge in [-0.15, -0.1) is 11.3 Å². The number of aromatic nitrogens is 1. The Kier molecular flexibility index (Phi) is 5.77. The van der Waals surface area contributed by atoms with E-state index in [-0.39, 0.29) is 18.9 Å². The lowest BCUT2D eigenvalue weighted by Crippen LogP contribution is -2.42. The maximum absolute atomic E-state index is 12.1. The molecule has 0 atom stereocenters. The van der Waals surface area contributed by atoms with E-state index in [4.69, 9.17) is 4.42 Å². The lowest BCUT2D eigenvalue weighted by atomic mass is 9.82. The van der Waals surface area contributed by atoms with E-state index in [2.05, 4.69) is 10.3 Å². The number of nitrogens with one attached hydrogen (secondary N) is 1. The minimum Gasteiger partial charge on any atom is -0.481 e. The Morgan fingerprint density at radius 3 is 2.58 bits per heavy atom. The molecule has 6 nitrogen and oxygen atoms in total. The van der Waals surface area contributed by atoms with Gasteiger partial charge in [0, 0.05) is 11.9 Å². The van der Waals surface area contributed by atoms with Crippen LogP contribution in [0, 0.1) is 12.3 Å². The van der Waals surface area contributed by atoms with Gasteiger partial charge in [0.2, 0.25) is 5.91 Å². The molecule has 0 aromatic carbocycles. The van der Waals surface area contributed by atoms with E-state index in [1.807, 2.05) is 38.3 Å². The first-order chi connectivity index (χ1) is 11.4. The van der Waals surface area contributed by atoms with Gasteiger partial charge in [0.05, 0.1) is 17.5 Å². The third kappa shape index (κ3) is 4.03. The van der Waals surface area contributed by atoms with Crippen molar-refractivity contribution < 1.29 is 19.1 Å². The van der Waals surface area contributed by atoms with Crippen LogP contribution in [0.2, 0.25) is 0 Å². The fourth-order valence-corrected chi connectivity index (χ4v) is 3.20. The standard InChI is InChI=1S/C17H22N2O4S/c1-4-17(5-2,16(21)22)10-18-14(20)8-12-9-24-15(19-12)13-7-6-11(3)23-13/h6-7,9H,4-5,8,10H2,1-3H3,(H,18,20)(H,21,22). The summed E-state index contributed by atoms with van der Waals surface area (Å²) >= 11 is 1.42. The number of carboxylic acids is 1. The number of nitrogens with zero attached hydrogens (tertiary/aromatic N) is 1. The molecule has 2 aromatic rings. The highest BCUT2D eigenvalue weighted by Crippen LogP contribution is 2.27. The molecule has 0 aliphatic rings. The van der Waals surface area contributed by atoms with Crippen LogP contribution in [0.25, 0.3) is 10.8 Å². The molecule has 2 N–H and O–H groups in total. The van der Waals surface area contributed by atoms with Gasteiger partial charge < -0.3 is 14.8 Å². The molecule has 130 valence electrons. The van der Waals surface area contributed by atoms with Gasteiger partial charge in [-0.25, -0.2) is 4.98 Å². The van der Waals surface area contributed by atoms with Crippen molar-refractivity contribution >= 4 is 23.2 Å². The number of thiazole rings is 1. The molecule has 0 radical (unpaired) electrons. The van der Waals surface area contributed by atoms with Gasteiger partial charge in [-0.2, -0.15) is 0 Å². The Morgan fingerprint density at radius 2 is 2.04 bits per heavy atom. The van der Waals surface area contributed by atoms with Crippen LogP contribution in [0.4, 0.5) is 0 Å². The largest absolute Gasteiger partial charge is 0.481 e. The highest BCUT2D eigenvalue weighted by Gasteiger charge is 2.35. The highest BCUT2D eigenvalue weighted by molar-refractivity contribution is 7.13. The van der Waals surface area contributed by atoms with Crippen molar-refractivity contribution in [2.45, 2.75) is 40.0 Å². The first-order valence-electron chi connectivity index (χ1n) is 7.91. The van der Waals surface area contributed by atoms with E-state index < -0.39 is 11.4 Å². The molecule has 0 saturated heterocycles. The van der Waals surface area contributed by atoms with Crippen molar-refractivity contribution in [1.29, 1.82) is 0 Å². The molecule has 7 heteroatoms. The fourth-order valence-electron chi connectivity index (χ4n) is 2.42. The van der Waals surface area contributed by atoms with Gasteiger partial charge in [0.25, 0.3) is 0 Å². The average molecular weight is 350 g/mol. The SMILES string of the molecule is CCC(CC)(CNC(=O)Cc1csc(-c2ccc(C)o2)n1)C(=O)O. The Hall–Kier alpha value is -2.15. The molecule has 0 aliphatic carbocycles. The Bertz CT molecular complexity index is 716. The molecule has 2 aromatic heterocycles. The lowest BCUT2D eigenvalue weighted by Gasteiger charge is -2.26. The zero-order valence-corrected chi connectivity index (χ0v) is 14.9.